The van der Waals surface area contributed by atoms with E-state index in [0.29, 0.717) is 17.7 Å². The molecule has 0 amide bonds. The van der Waals surface area contributed by atoms with E-state index in [2.05, 4.69) is 0 Å². The zero-order chi connectivity index (χ0) is 12.3. The summed E-state index contributed by atoms with van der Waals surface area (Å²) >= 11 is 0. The molecule has 0 saturated carbocycles. The fourth-order valence-electron chi connectivity index (χ4n) is 1.49. The van der Waals surface area contributed by atoms with E-state index in [1.54, 1.807) is 25.1 Å². The summed E-state index contributed by atoms with van der Waals surface area (Å²) in [4.78, 5) is 23.3. The van der Waals surface area contributed by atoms with Gasteiger partial charge in [0.15, 0.2) is 6.61 Å². The van der Waals surface area contributed by atoms with Crippen molar-refractivity contribution in [3.63, 3.8) is 0 Å². The molecule has 2 rings (SSSR count). The summed E-state index contributed by atoms with van der Waals surface area (Å²) in [6.07, 6.45) is -0.856. The first kappa shape index (κ1) is 11.6. The van der Waals surface area contributed by atoms with Gasteiger partial charge in [0.1, 0.15) is 0 Å². The molecule has 1 heterocycles. The topological polar surface area (TPSA) is 61.8 Å². The van der Waals surface area contributed by atoms with E-state index >= 15 is 0 Å². The Kier molecular flexibility index (Phi) is 3.39. The Labute approximate surface area is 98.3 Å². The number of carbonyl (C=O) groups is 2. The van der Waals surface area contributed by atoms with Crippen LogP contribution >= 0.6 is 0 Å². The Morgan fingerprint density at radius 2 is 2.00 bits per heavy atom. The van der Waals surface area contributed by atoms with Gasteiger partial charge < -0.3 is 14.2 Å². The van der Waals surface area contributed by atoms with E-state index in [9.17, 15) is 9.59 Å². The van der Waals surface area contributed by atoms with E-state index in [4.69, 9.17) is 14.2 Å². The summed E-state index contributed by atoms with van der Waals surface area (Å²) in [5.74, 6) is -1.02. The van der Waals surface area contributed by atoms with E-state index < -0.39 is 18.2 Å². The van der Waals surface area contributed by atoms with Gasteiger partial charge in [0.25, 0.3) is 0 Å². The third-order valence-electron chi connectivity index (χ3n) is 2.28. The first-order valence-corrected chi connectivity index (χ1v) is 5.30. The molecule has 0 aromatic heterocycles. The number of cyclic esters (lactones) is 2. The molecule has 17 heavy (non-hydrogen) atoms. The van der Waals surface area contributed by atoms with Gasteiger partial charge in [0.05, 0.1) is 11.1 Å². The van der Waals surface area contributed by atoms with Gasteiger partial charge in [-0.1, -0.05) is 6.07 Å². The highest BCUT2D eigenvalue weighted by molar-refractivity contribution is 5.95. The van der Waals surface area contributed by atoms with Crippen LogP contribution in [0.5, 0.6) is 0 Å². The van der Waals surface area contributed by atoms with Gasteiger partial charge in [-0.25, -0.2) is 9.59 Å². The minimum absolute atomic E-state index is 0.100. The highest BCUT2D eigenvalue weighted by Gasteiger charge is 2.22. The smallest absolute Gasteiger partial charge is 0.340 e. The van der Waals surface area contributed by atoms with Crippen LogP contribution in [0.4, 0.5) is 0 Å². The molecule has 0 N–H and O–H groups in total. The van der Waals surface area contributed by atoms with Crippen LogP contribution in [0.25, 0.3) is 0 Å². The molecule has 1 aliphatic heterocycles. The molecule has 5 heteroatoms. The van der Waals surface area contributed by atoms with E-state index in [-0.39, 0.29) is 6.61 Å². The number of carbonyl (C=O) groups excluding carboxylic acids is 2. The van der Waals surface area contributed by atoms with Gasteiger partial charge in [-0.3, -0.25) is 0 Å². The molecule has 1 aliphatic rings. The predicted octanol–water partition coefficient (Wildman–Crippen LogP) is 1.38. The summed E-state index contributed by atoms with van der Waals surface area (Å²) in [5.41, 5.74) is 0.641. The summed E-state index contributed by atoms with van der Waals surface area (Å²) in [6.45, 7) is 2.03. The second-order valence-electron chi connectivity index (χ2n) is 3.47. The van der Waals surface area contributed by atoms with Gasteiger partial charge in [0.2, 0.25) is 6.29 Å². The number of ether oxygens (including phenoxy) is 3. The number of fused-ring (bicyclic) bond motifs is 2. The van der Waals surface area contributed by atoms with Crippen molar-refractivity contribution in [3.05, 3.63) is 35.4 Å². The average Bonchev–Trinajstić information content (AvgIpc) is 2.38. The van der Waals surface area contributed by atoms with E-state index in [0.717, 1.165) is 0 Å². The quantitative estimate of drug-likeness (QED) is 0.726. The lowest BCUT2D eigenvalue weighted by Gasteiger charge is -2.16. The van der Waals surface area contributed by atoms with Crippen molar-refractivity contribution < 1.29 is 23.8 Å². The van der Waals surface area contributed by atoms with E-state index in [1.807, 2.05) is 0 Å². The minimum atomic E-state index is -0.856. The monoisotopic (exact) mass is 236 g/mol. The Hall–Kier alpha value is -1.88. The number of benzene rings is 1. The molecule has 1 aromatic carbocycles. The molecule has 1 aromatic rings. The van der Waals surface area contributed by atoms with Crippen LogP contribution in [0.3, 0.4) is 0 Å². The largest absolute Gasteiger partial charge is 0.455 e. The lowest BCUT2D eigenvalue weighted by atomic mass is 10.1. The molecular formula is C12H12O5. The van der Waals surface area contributed by atoms with E-state index in [1.165, 1.54) is 6.07 Å². The van der Waals surface area contributed by atoms with Gasteiger partial charge in [-0.15, -0.1) is 0 Å². The van der Waals surface area contributed by atoms with Crippen LogP contribution in [0.15, 0.2) is 24.3 Å². The standard InChI is InChI=1S/C12H12O5/c1-2-15-10-7-16-11(13)8-4-3-5-9(6-8)12(14)17-10/h3-6,10H,2,7H2,1H3. The fourth-order valence-corrected chi connectivity index (χ4v) is 1.49. The third-order valence-corrected chi connectivity index (χ3v) is 2.28. The molecule has 0 spiro atoms. The summed E-state index contributed by atoms with van der Waals surface area (Å²) in [5, 5.41) is 0. The van der Waals surface area contributed by atoms with Crippen molar-refractivity contribution in [1.82, 2.24) is 0 Å². The van der Waals surface area contributed by atoms with Crippen molar-refractivity contribution in [2.75, 3.05) is 13.2 Å². The van der Waals surface area contributed by atoms with Crippen molar-refractivity contribution in [2.45, 2.75) is 13.2 Å². The highest BCUT2D eigenvalue weighted by atomic mass is 16.7. The fraction of sp³-hybridized carbons (Fsp3) is 0.333. The molecule has 90 valence electrons. The van der Waals surface area contributed by atoms with Crippen molar-refractivity contribution in [1.29, 1.82) is 0 Å². The molecule has 1 unspecified atom stereocenters. The molecule has 0 saturated heterocycles. The van der Waals surface area contributed by atoms with Gasteiger partial charge in [0, 0.05) is 6.61 Å². The maximum atomic E-state index is 11.7. The number of esters is 2. The predicted molar refractivity (Wildman–Crippen MR) is 57.6 cm³/mol. The molecule has 5 nitrogen and oxygen atoms in total. The highest BCUT2D eigenvalue weighted by Crippen LogP contribution is 2.13. The molecule has 0 aliphatic carbocycles. The lowest BCUT2D eigenvalue weighted by molar-refractivity contribution is -0.130. The van der Waals surface area contributed by atoms with Crippen molar-refractivity contribution in [2.24, 2.45) is 0 Å². The van der Waals surface area contributed by atoms with Gasteiger partial charge in [-0.05, 0) is 25.1 Å². The summed E-state index contributed by atoms with van der Waals surface area (Å²) < 4.78 is 15.2. The normalized spacial score (nSPS) is 19.7. The molecular weight excluding hydrogens is 224 g/mol. The van der Waals surface area contributed by atoms with Crippen LogP contribution in [-0.2, 0) is 14.2 Å². The molecule has 0 radical (unpaired) electrons. The molecule has 2 bridgehead atoms. The zero-order valence-electron chi connectivity index (χ0n) is 9.34. The van der Waals surface area contributed by atoms with Gasteiger partial charge >= 0.3 is 11.9 Å². The Balaban J connectivity index is 2.28. The summed E-state index contributed by atoms with van der Waals surface area (Å²) in [7, 11) is 0. The molecule has 1 atom stereocenters. The van der Waals surface area contributed by atoms with Crippen molar-refractivity contribution in [3.8, 4) is 0 Å². The zero-order valence-corrected chi connectivity index (χ0v) is 9.34. The first-order valence-electron chi connectivity index (χ1n) is 5.30. The Morgan fingerprint density at radius 3 is 2.71 bits per heavy atom. The van der Waals surface area contributed by atoms with Crippen LogP contribution in [-0.4, -0.2) is 31.4 Å². The Bertz CT molecular complexity index is 440. The van der Waals surface area contributed by atoms with Crippen LogP contribution in [0.2, 0.25) is 0 Å². The maximum Gasteiger partial charge on any atom is 0.340 e. The Morgan fingerprint density at radius 1 is 1.29 bits per heavy atom. The second kappa shape index (κ2) is 4.97. The molecule has 0 fully saturated rings. The van der Waals surface area contributed by atoms with Gasteiger partial charge in [-0.2, -0.15) is 0 Å². The van der Waals surface area contributed by atoms with Crippen LogP contribution < -0.4 is 0 Å². The first-order chi connectivity index (χ1) is 8.20. The third kappa shape index (κ3) is 2.62. The number of rotatable bonds is 2. The maximum absolute atomic E-state index is 11.7. The van der Waals surface area contributed by atoms with Crippen molar-refractivity contribution >= 4 is 11.9 Å². The summed E-state index contributed by atoms with van der Waals surface area (Å²) in [6, 6.07) is 6.21. The number of hydrogen-bond donors (Lipinski definition) is 0. The number of hydrogen-bond acceptors (Lipinski definition) is 5. The minimum Gasteiger partial charge on any atom is -0.455 e. The second-order valence-corrected chi connectivity index (χ2v) is 3.47. The van der Waals surface area contributed by atoms with Crippen LogP contribution in [0.1, 0.15) is 27.6 Å². The average molecular weight is 236 g/mol. The van der Waals surface area contributed by atoms with Crippen LogP contribution in [0, 0.1) is 0 Å². The lowest BCUT2D eigenvalue weighted by Crippen LogP contribution is -2.27. The SMILES string of the molecule is CCOC1COC(=O)c2cccc(c2)C(=O)O1.